The van der Waals surface area contributed by atoms with Gasteiger partial charge in [0.05, 0.1) is 17.8 Å². The van der Waals surface area contributed by atoms with Crippen molar-refractivity contribution in [2.45, 2.75) is 32.2 Å². The Balaban J connectivity index is 1.68. The van der Waals surface area contributed by atoms with Gasteiger partial charge in [0.25, 0.3) is 0 Å². The zero-order valence-electron chi connectivity index (χ0n) is 16.2. The van der Waals surface area contributed by atoms with E-state index in [4.69, 9.17) is 5.11 Å². The van der Waals surface area contributed by atoms with Crippen molar-refractivity contribution in [2.75, 3.05) is 0 Å². The zero-order valence-corrected chi connectivity index (χ0v) is 16.2. The van der Waals surface area contributed by atoms with Crippen molar-refractivity contribution < 1.29 is 24.6 Å². The van der Waals surface area contributed by atoms with Crippen LogP contribution in [0.3, 0.4) is 0 Å². The van der Waals surface area contributed by atoms with E-state index in [9.17, 15) is 19.5 Å². The summed E-state index contributed by atoms with van der Waals surface area (Å²) in [6.45, 7) is 1.61. The molecule has 29 heavy (non-hydrogen) atoms. The van der Waals surface area contributed by atoms with E-state index < -0.39 is 29.7 Å². The van der Waals surface area contributed by atoms with Crippen molar-refractivity contribution in [3.05, 3.63) is 60.2 Å². The molecule has 2 aromatic carbocycles. The van der Waals surface area contributed by atoms with Crippen molar-refractivity contribution in [3.63, 3.8) is 0 Å². The van der Waals surface area contributed by atoms with Gasteiger partial charge in [0, 0.05) is 6.04 Å². The van der Waals surface area contributed by atoms with Crippen LogP contribution in [-0.4, -0.2) is 34.1 Å². The first-order valence-electron chi connectivity index (χ1n) is 9.75. The Morgan fingerprint density at radius 1 is 0.966 bits per heavy atom. The van der Waals surface area contributed by atoms with Gasteiger partial charge in [-0.05, 0) is 36.0 Å². The Labute approximate surface area is 169 Å². The molecule has 1 amide bonds. The normalized spacial score (nSPS) is 19.8. The van der Waals surface area contributed by atoms with Crippen molar-refractivity contribution in [2.24, 2.45) is 17.8 Å². The van der Waals surface area contributed by atoms with Gasteiger partial charge in [-0.25, -0.2) is 0 Å². The molecule has 6 nitrogen and oxygen atoms in total. The number of carboxylic acid groups (broad SMARTS) is 2. The first-order chi connectivity index (χ1) is 13.8. The number of rotatable bonds is 9. The smallest absolute Gasteiger partial charge is 0.307 e. The highest BCUT2D eigenvalue weighted by Crippen LogP contribution is 2.39. The van der Waals surface area contributed by atoms with Gasteiger partial charge >= 0.3 is 11.9 Å². The van der Waals surface area contributed by atoms with Crippen LogP contribution < -0.4 is 5.32 Å². The second-order valence-corrected chi connectivity index (χ2v) is 7.73. The topological polar surface area (TPSA) is 104 Å². The van der Waals surface area contributed by atoms with Crippen LogP contribution in [0, 0.1) is 17.8 Å². The SMILES string of the molecule is C[C@H](C[C@@H](Cc1ccc(-c2ccccc2)cc1)NC(=O)[C@@H]1C[C@@H]1C(=O)O)C(=O)O. The minimum atomic E-state index is -0.961. The summed E-state index contributed by atoms with van der Waals surface area (Å²) >= 11 is 0. The molecule has 4 atom stereocenters. The van der Waals surface area contributed by atoms with E-state index in [2.05, 4.69) is 5.32 Å². The van der Waals surface area contributed by atoms with Crippen LogP contribution in [0.1, 0.15) is 25.3 Å². The lowest BCUT2D eigenvalue weighted by molar-refractivity contribution is -0.141. The van der Waals surface area contributed by atoms with Crippen LogP contribution in [0.5, 0.6) is 0 Å². The maximum Gasteiger partial charge on any atom is 0.307 e. The van der Waals surface area contributed by atoms with E-state index in [1.54, 1.807) is 6.92 Å². The Morgan fingerprint density at radius 2 is 1.59 bits per heavy atom. The third kappa shape index (κ3) is 5.44. The number of amides is 1. The number of carboxylic acids is 2. The fourth-order valence-corrected chi connectivity index (χ4v) is 3.54. The first kappa shape index (κ1) is 20.6. The second-order valence-electron chi connectivity index (χ2n) is 7.73. The lowest BCUT2D eigenvalue weighted by atomic mass is 9.94. The van der Waals surface area contributed by atoms with Crippen LogP contribution in [0.4, 0.5) is 0 Å². The Hall–Kier alpha value is -3.15. The van der Waals surface area contributed by atoms with E-state index in [0.717, 1.165) is 16.7 Å². The molecule has 0 heterocycles. The number of hydrogen-bond acceptors (Lipinski definition) is 3. The molecule has 0 aliphatic heterocycles. The van der Waals surface area contributed by atoms with Gasteiger partial charge in [-0.3, -0.25) is 14.4 Å². The highest BCUT2D eigenvalue weighted by molar-refractivity contribution is 5.89. The average Bonchev–Trinajstić information content (AvgIpc) is 3.50. The van der Waals surface area contributed by atoms with Gasteiger partial charge in [-0.2, -0.15) is 0 Å². The minimum absolute atomic E-state index is 0.284. The minimum Gasteiger partial charge on any atom is -0.481 e. The van der Waals surface area contributed by atoms with Crippen molar-refractivity contribution in [1.29, 1.82) is 0 Å². The monoisotopic (exact) mass is 395 g/mol. The van der Waals surface area contributed by atoms with Crippen molar-refractivity contribution in [1.82, 2.24) is 5.32 Å². The van der Waals surface area contributed by atoms with E-state index in [0.29, 0.717) is 12.8 Å². The quantitative estimate of drug-likeness (QED) is 0.605. The predicted octanol–water partition coefficient (Wildman–Crippen LogP) is 3.21. The summed E-state index contributed by atoms with van der Waals surface area (Å²) in [5.74, 6) is -3.94. The van der Waals surface area contributed by atoms with Crippen LogP contribution in [0.25, 0.3) is 11.1 Å². The van der Waals surface area contributed by atoms with Gasteiger partial charge < -0.3 is 15.5 Å². The highest BCUT2D eigenvalue weighted by Gasteiger charge is 2.48. The molecule has 0 radical (unpaired) electrons. The summed E-state index contributed by atoms with van der Waals surface area (Å²) in [4.78, 5) is 34.7. The fraction of sp³-hybridized carbons (Fsp3) is 0.348. The highest BCUT2D eigenvalue weighted by atomic mass is 16.4. The zero-order chi connectivity index (χ0) is 21.0. The molecule has 6 heteroatoms. The molecule has 2 aromatic rings. The summed E-state index contributed by atoms with van der Waals surface area (Å²) in [6.07, 6.45) is 1.11. The molecular weight excluding hydrogens is 370 g/mol. The molecule has 1 fully saturated rings. The standard InChI is InChI=1S/C23H25NO5/c1-14(22(26)27)11-18(24-21(25)19-13-20(19)23(28)29)12-15-7-9-17(10-8-15)16-5-3-2-4-6-16/h2-10,14,18-20H,11-13H2,1H3,(H,24,25)(H,26,27)(H,28,29)/t14-,18+,19-,20+/m1/s1. The maximum absolute atomic E-state index is 12.4. The molecule has 152 valence electrons. The molecule has 3 N–H and O–H groups in total. The molecule has 0 saturated heterocycles. The lowest BCUT2D eigenvalue weighted by Gasteiger charge is -2.21. The van der Waals surface area contributed by atoms with Crippen molar-refractivity contribution in [3.8, 4) is 11.1 Å². The van der Waals surface area contributed by atoms with Crippen molar-refractivity contribution >= 4 is 17.8 Å². The molecule has 0 bridgehead atoms. The number of carbonyl (C=O) groups excluding carboxylic acids is 1. The Bertz CT molecular complexity index is 878. The molecule has 1 saturated carbocycles. The largest absolute Gasteiger partial charge is 0.481 e. The van der Waals surface area contributed by atoms with Crippen LogP contribution in [0.15, 0.2) is 54.6 Å². The Kier molecular flexibility index (Phi) is 6.32. The van der Waals surface area contributed by atoms with Gasteiger partial charge in [0.2, 0.25) is 5.91 Å². The molecule has 0 unspecified atom stereocenters. The van der Waals surface area contributed by atoms with Gasteiger partial charge in [0.15, 0.2) is 0 Å². The average molecular weight is 395 g/mol. The van der Waals surface area contributed by atoms with E-state index in [-0.39, 0.29) is 18.4 Å². The number of carbonyl (C=O) groups is 3. The summed E-state index contributed by atoms with van der Waals surface area (Å²) < 4.78 is 0. The van der Waals surface area contributed by atoms with Crippen LogP contribution in [0.2, 0.25) is 0 Å². The van der Waals surface area contributed by atoms with Gasteiger partial charge in [-0.15, -0.1) is 0 Å². The van der Waals surface area contributed by atoms with Crippen LogP contribution in [-0.2, 0) is 20.8 Å². The second kappa shape index (κ2) is 8.90. The molecular formula is C23H25NO5. The summed E-state index contributed by atoms with van der Waals surface area (Å²) in [7, 11) is 0. The first-order valence-corrected chi connectivity index (χ1v) is 9.75. The third-order valence-corrected chi connectivity index (χ3v) is 5.39. The van der Waals surface area contributed by atoms with Crippen LogP contribution >= 0.6 is 0 Å². The van der Waals surface area contributed by atoms with E-state index in [1.165, 1.54) is 0 Å². The fourth-order valence-electron chi connectivity index (χ4n) is 3.54. The van der Waals surface area contributed by atoms with Gasteiger partial charge in [-0.1, -0.05) is 61.5 Å². The lowest BCUT2D eigenvalue weighted by Crippen LogP contribution is -2.40. The molecule has 1 aliphatic rings. The summed E-state index contributed by atoms with van der Waals surface area (Å²) in [6, 6.07) is 17.6. The number of nitrogens with one attached hydrogen (secondary N) is 1. The van der Waals surface area contributed by atoms with Gasteiger partial charge in [0.1, 0.15) is 0 Å². The summed E-state index contributed by atoms with van der Waals surface area (Å²) in [5, 5.41) is 21.1. The molecule has 1 aliphatic carbocycles. The van der Waals surface area contributed by atoms with E-state index in [1.807, 2.05) is 54.6 Å². The predicted molar refractivity (Wildman–Crippen MR) is 108 cm³/mol. The summed E-state index contributed by atoms with van der Waals surface area (Å²) in [5.41, 5.74) is 3.17. The Morgan fingerprint density at radius 3 is 2.14 bits per heavy atom. The molecule has 0 aromatic heterocycles. The third-order valence-electron chi connectivity index (χ3n) is 5.39. The van der Waals surface area contributed by atoms with E-state index >= 15 is 0 Å². The molecule has 3 rings (SSSR count). The number of benzene rings is 2. The molecule has 0 spiro atoms. The number of aliphatic carboxylic acids is 2. The maximum atomic E-state index is 12.4. The number of hydrogen-bond donors (Lipinski definition) is 3.